The molecule has 0 saturated heterocycles. The highest BCUT2D eigenvalue weighted by Crippen LogP contribution is 2.21. The second-order valence-corrected chi connectivity index (χ2v) is 4.35. The van der Waals surface area contributed by atoms with Gasteiger partial charge in [-0.05, 0) is 0 Å². The Labute approximate surface area is 68.0 Å². The highest BCUT2D eigenvalue weighted by Gasteiger charge is 2.08. The average Bonchev–Trinajstić information content (AvgIpc) is 1.99. The minimum Gasteiger partial charge on any atom is -0.334 e. The van der Waals surface area contributed by atoms with Crippen LogP contribution in [0, 0.1) is 5.92 Å². The second kappa shape index (κ2) is 5.50. The Hall–Kier alpha value is -0.140. The third kappa shape index (κ3) is 5.16. The lowest BCUT2D eigenvalue weighted by Crippen LogP contribution is -2.07. The summed E-state index contributed by atoms with van der Waals surface area (Å²) >= 11 is 0. The summed E-state index contributed by atoms with van der Waals surface area (Å²) in [5.74, 6) is 0.196. The molecule has 0 spiro atoms. The first-order valence-corrected chi connectivity index (χ1v) is 5.19. The maximum atomic E-state index is 11.0. The topological polar surface area (TPSA) is 43.4 Å². The fraction of sp³-hybridized carbons (Fsp3) is 0.857. The predicted octanol–water partition coefficient (Wildman–Crippen LogP) is 1.72. The molecular weight excluding hydrogens is 163 g/mol. The molecular formula is C7H15O3P. The number of rotatable bonds is 5. The van der Waals surface area contributed by atoms with Gasteiger partial charge in [0.05, 0.1) is 0 Å². The number of hydrogen-bond donors (Lipinski definition) is 0. The molecule has 0 saturated carbocycles. The Kier molecular flexibility index (Phi) is 5.43. The van der Waals surface area contributed by atoms with Gasteiger partial charge in [0.25, 0.3) is 0 Å². The quantitative estimate of drug-likeness (QED) is 0.602. The zero-order chi connectivity index (χ0) is 8.85. The summed E-state index contributed by atoms with van der Waals surface area (Å²) < 4.78 is 15.3. The minimum atomic E-state index is -1.93. The molecule has 4 heteroatoms. The van der Waals surface area contributed by atoms with E-state index in [0.29, 0.717) is 12.6 Å². The van der Waals surface area contributed by atoms with E-state index in [1.54, 1.807) is 0 Å². The van der Waals surface area contributed by atoms with Crippen LogP contribution in [-0.4, -0.2) is 19.1 Å². The molecule has 66 valence electrons. The van der Waals surface area contributed by atoms with Gasteiger partial charge >= 0.3 is 0 Å². The lowest BCUT2D eigenvalue weighted by atomic mass is 10.1. The van der Waals surface area contributed by atoms with Crippen molar-refractivity contribution >= 4 is 13.8 Å². The highest BCUT2D eigenvalue weighted by atomic mass is 31.1. The number of carbonyl (C=O) groups is 1. The van der Waals surface area contributed by atoms with Gasteiger partial charge in [0.15, 0.2) is 8.03 Å². The van der Waals surface area contributed by atoms with E-state index in [0.717, 1.165) is 0 Å². The van der Waals surface area contributed by atoms with E-state index in [-0.39, 0.29) is 11.7 Å². The van der Waals surface area contributed by atoms with E-state index in [1.807, 2.05) is 13.8 Å². The Morgan fingerprint density at radius 1 is 1.55 bits per heavy atom. The third-order valence-electron chi connectivity index (χ3n) is 1.45. The highest BCUT2D eigenvalue weighted by molar-refractivity contribution is 7.39. The van der Waals surface area contributed by atoms with Gasteiger partial charge in [-0.2, -0.15) is 0 Å². The molecule has 0 aromatic rings. The lowest BCUT2D eigenvalue weighted by Gasteiger charge is -2.02. The van der Waals surface area contributed by atoms with Gasteiger partial charge in [0, 0.05) is 25.6 Å². The Balaban J connectivity index is 3.54. The molecule has 3 nitrogen and oxygen atoms in total. The summed E-state index contributed by atoms with van der Waals surface area (Å²) in [5.41, 5.74) is 0. The molecule has 1 atom stereocenters. The van der Waals surface area contributed by atoms with Crippen LogP contribution in [0.2, 0.25) is 0 Å². The summed E-state index contributed by atoms with van der Waals surface area (Å²) in [6.45, 7) is 3.68. The van der Waals surface area contributed by atoms with E-state index < -0.39 is 8.03 Å². The molecule has 0 heterocycles. The molecule has 0 fully saturated rings. The predicted molar refractivity (Wildman–Crippen MR) is 45.3 cm³/mol. The van der Waals surface area contributed by atoms with Crippen LogP contribution in [0.4, 0.5) is 0 Å². The van der Waals surface area contributed by atoms with Crippen molar-refractivity contribution in [3.8, 4) is 0 Å². The maximum Gasteiger partial charge on any atom is 0.191 e. The van der Waals surface area contributed by atoms with Crippen molar-refractivity contribution < 1.29 is 13.9 Å². The van der Waals surface area contributed by atoms with Gasteiger partial charge in [-0.1, -0.05) is 13.8 Å². The molecule has 0 aliphatic rings. The molecule has 0 bridgehead atoms. The van der Waals surface area contributed by atoms with Crippen LogP contribution in [0.3, 0.4) is 0 Å². The zero-order valence-corrected chi connectivity index (χ0v) is 8.22. The van der Waals surface area contributed by atoms with Crippen LogP contribution in [-0.2, 0) is 13.9 Å². The first kappa shape index (κ1) is 10.9. The van der Waals surface area contributed by atoms with E-state index in [1.165, 1.54) is 7.11 Å². The first-order chi connectivity index (χ1) is 5.07. The second-order valence-electron chi connectivity index (χ2n) is 2.70. The van der Waals surface area contributed by atoms with Crippen molar-refractivity contribution in [3.05, 3.63) is 0 Å². The Morgan fingerprint density at radius 2 is 2.09 bits per heavy atom. The van der Waals surface area contributed by atoms with Gasteiger partial charge < -0.3 is 4.52 Å². The van der Waals surface area contributed by atoms with Crippen LogP contribution in [0.25, 0.3) is 0 Å². The summed E-state index contributed by atoms with van der Waals surface area (Å²) in [6, 6.07) is 0. The van der Waals surface area contributed by atoms with Crippen molar-refractivity contribution in [1.29, 1.82) is 0 Å². The summed E-state index contributed by atoms with van der Waals surface area (Å²) in [5, 5.41) is 0. The monoisotopic (exact) mass is 178 g/mol. The van der Waals surface area contributed by atoms with Crippen LogP contribution < -0.4 is 0 Å². The Bertz CT molecular complexity index is 154. The number of carbonyl (C=O) groups excluding carboxylic acids is 1. The van der Waals surface area contributed by atoms with Gasteiger partial charge in [-0.25, -0.2) is 0 Å². The lowest BCUT2D eigenvalue weighted by molar-refractivity contribution is -0.121. The fourth-order valence-electron chi connectivity index (χ4n) is 0.616. The molecule has 0 radical (unpaired) electrons. The standard InChI is InChI=1S/C7H15O3P/c1-6(2)7(8)4-5-11(9)10-3/h6,11H,4-5H2,1-3H3. The molecule has 11 heavy (non-hydrogen) atoms. The van der Waals surface area contributed by atoms with E-state index in [4.69, 9.17) is 0 Å². The summed E-state index contributed by atoms with van der Waals surface area (Å²) in [6.07, 6.45) is 0.765. The van der Waals surface area contributed by atoms with E-state index in [2.05, 4.69) is 4.52 Å². The summed E-state index contributed by atoms with van der Waals surface area (Å²) in [4.78, 5) is 11.0. The molecule has 0 amide bonds. The largest absolute Gasteiger partial charge is 0.334 e. The van der Waals surface area contributed by atoms with Gasteiger partial charge in [0.1, 0.15) is 5.78 Å². The number of hydrogen-bond acceptors (Lipinski definition) is 3. The molecule has 1 unspecified atom stereocenters. The van der Waals surface area contributed by atoms with Gasteiger partial charge in [-0.3, -0.25) is 9.36 Å². The smallest absolute Gasteiger partial charge is 0.191 e. The average molecular weight is 178 g/mol. The molecule has 0 aromatic carbocycles. The Morgan fingerprint density at radius 3 is 2.45 bits per heavy atom. The number of ketones is 1. The van der Waals surface area contributed by atoms with E-state index in [9.17, 15) is 9.36 Å². The third-order valence-corrected chi connectivity index (χ3v) is 2.56. The normalized spacial score (nSPS) is 13.5. The van der Waals surface area contributed by atoms with Crippen LogP contribution in [0.5, 0.6) is 0 Å². The van der Waals surface area contributed by atoms with Gasteiger partial charge in [-0.15, -0.1) is 0 Å². The van der Waals surface area contributed by atoms with Gasteiger partial charge in [0.2, 0.25) is 0 Å². The molecule has 0 N–H and O–H groups in total. The van der Waals surface area contributed by atoms with Crippen LogP contribution >= 0.6 is 8.03 Å². The van der Waals surface area contributed by atoms with E-state index >= 15 is 0 Å². The van der Waals surface area contributed by atoms with Crippen molar-refractivity contribution in [2.24, 2.45) is 5.92 Å². The minimum absolute atomic E-state index is 0.0432. The van der Waals surface area contributed by atoms with Crippen molar-refractivity contribution in [2.75, 3.05) is 13.3 Å². The molecule has 0 aliphatic heterocycles. The molecule has 0 aromatic heterocycles. The first-order valence-electron chi connectivity index (χ1n) is 3.67. The number of Topliss-reactive ketones (excluding diaryl/α,β-unsaturated/α-hetero) is 1. The van der Waals surface area contributed by atoms with Crippen molar-refractivity contribution in [3.63, 3.8) is 0 Å². The molecule has 0 rings (SSSR count). The SMILES string of the molecule is CO[PH](=O)CCC(=O)C(C)C. The molecule has 0 aliphatic carbocycles. The zero-order valence-electron chi connectivity index (χ0n) is 7.22. The van der Waals surface area contributed by atoms with Crippen molar-refractivity contribution in [1.82, 2.24) is 0 Å². The van der Waals surface area contributed by atoms with Crippen LogP contribution in [0.1, 0.15) is 20.3 Å². The fourth-order valence-corrected chi connectivity index (χ4v) is 1.27. The summed E-state index contributed by atoms with van der Waals surface area (Å²) in [7, 11) is -0.524. The van der Waals surface area contributed by atoms with Crippen LogP contribution in [0.15, 0.2) is 0 Å². The van der Waals surface area contributed by atoms with Crippen molar-refractivity contribution in [2.45, 2.75) is 20.3 Å². The maximum absolute atomic E-state index is 11.0.